The first-order valence-electron chi connectivity index (χ1n) is 5.22. The Kier molecular flexibility index (Phi) is 5.21. The van der Waals surface area contributed by atoms with Crippen LogP contribution in [0.5, 0.6) is 0 Å². The van der Waals surface area contributed by atoms with Gasteiger partial charge in [-0.15, -0.1) is 0 Å². The van der Waals surface area contributed by atoms with Crippen molar-refractivity contribution in [2.24, 2.45) is 0 Å². The molecule has 1 rings (SSSR count). The van der Waals surface area contributed by atoms with Gasteiger partial charge in [0, 0.05) is 31.9 Å². The second-order valence-electron chi connectivity index (χ2n) is 3.80. The molecule has 4 heteroatoms. The Morgan fingerprint density at radius 1 is 1.33 bits per heavy atom. The van der Waals surface area contributed by atoms with Crippen molar-refractivity contribution in [3.63, 3.8) is 0 Å². The van der Waals surface area contributed by atoms with Gasteiger partial charge in [-0.1, -0.05) is 13.8 Å². The van der Waals surface area contributed by atoms with Crippen molar-refractivity contribution in [3.05, 3.63) is 29.8 Å². The molecular weight excluding hydrogens is 193 g/mol. The van der Waals surface area contributed by atoms with Gasteiger partial charge >= 0.3 is 0 Å². The molecule has 0 aliphatic heterocycles. The van der Waals surface area contributed by atoms with Crippen LogP contribution in [0.2, 0.25) is 0 Å². The zero-order valence-electron chi connectivity index (χ0n) is 9.26. The van der Waals surface area contributed by atoms with E-state index in [1.807, 2.05) is 0 Å². The fourth-order valence-electron chi connectivity index (χ4n) is 1.23. The lowest BCUT2D eigenvalue weighted by atomic mass is 10.3. The Hall–Kier alpha value is -1.00. The number of hydrogen-bond donors (Lipinski definition) is 2. The van der Waals surface area contributed by atoms with E-state index in [1.165, 1.54) is 12.3 Å². The van der Waals surface area contributed by atoms with E-state index in [0.717, 1.165) is 18.7 Å². The molecule has 0 saturated carbocycles. The summed E-state index contributed by atoms with van der Waals surface area (Å²) in [5.41, 5.74) is 0.875. The van der Waals surface area contributed by atoms with Crippen LogP contribution in [0.15, 0.2) is 18.5 Å². The maximum Gasteiger partial charge on any atom is 0.141 e. The van der Waals surface area contributed by atoms with Gasteiger partial charge < -0.3 is 10.6 Å². The Labute approximate surface area is 90.1 Å². The summed E-state index contributed by atoms with van der Waals surface area (Å²) in [6.45, 7) is 6.66. The van der Waals surface area contributed by atoms with Crippen molar-refractivity contribution in [2.75, 3.05) is 13.1 Å². The van der Waals surface area contributed by atoms with Crippen molar-refractivity contribution >= 4 is 0 Å². The van der Waals surface area contributed by atoms with E-state index >= 15 is 0 Å². The van der Waals surface area contributed by atoms with E-state index in [-0.39, 0.29) is 5.82 Å². The summed E-state index contributed by atoms with van der Waals surface area (Å²) in [5.74, 6) is -0.283. The molecule has 15 heavy (non-hydrogen) atoms. The molecule has 1 aromatic heterocycles. The quantitative estimate of drug-likeness (QED) is 0.697. The molecule has 3 nitrogen and oxygen atoms in total. The van der Waals surface area contributed by atoms with Gasteiger partial charge in [-0.25, -0.2) is 4.39 Å². The highest BCUT2D eigenvalue weighted by molar-refractivity contribution is 5.09. The van der Waals surface area contributed by atoms with Gasteiger partial charge in [-0.3, -0.25) is 4.98 Å². The minimum atomic E-state index is -0.283. The predicted molar refractivity (Wildman–Crippen MR) is 59.0 cm³/mol. The third kappa shape index (κ3) is 5.44. The number of nitrogens with zero attached hydrogens (tertiary/aromatic N) is 1. The number of aromatic nitrogens is 1. The summed E-state index contributed by atoms with van der Waals surface area (Å²) in [6, 6.07) is 2.00. The van der Waals surface area contributed by atoms with Crippen LogP contribution >= 0.6 is 0 Å². The van der Waals surface area contributed by atoms with E-state index in [4.69, 9.17) is 0 Å². The Morgan fingerprint density at radius 3 is 2.80 bits per heavy atom. The zero-order chi connectivity index (χ0) is 11.1. The molecule has 0 unspecified atom stereocenters. The molecule has 0 fully saturated rings. The smallest absolute Gasteiger partial charge is 0.141 e. The fraction of sp³-hybridized carbons (Fsp3) is 0.545. The molecular formula is C11H18FN3. The van der Waals surface area contributed by atoms with Crippen LogP contribution < -0.4 is 10.6 Å². The van der Waals surface area contributed by atoms with E-state index in [0.29, 0.717) is 12.6 Å². The molecule has 1 heterocycles. The molecule has 0 aliphatic carbocycles. The third-order valence-corrected chi connectivity index (χ3v) is 1.94. The first kappa shape index (κ1) is 12.1. The van der Waals surface area contributed by atoms with Crippen LogP contribution in [0, 0.1) is 5.82 Å². The average Bonchev–Trinajstić information content (AvgIpc) is 2.17. The molecule has 0 saturated heterocycles. The normalized spacial score (nSPS) is 10.9. The average molecular weight is 211 g/mol. The van der Waals surface area contributed by atoms with E-state index < -0.39 is 0 Å². The first-order valence-corrected chi connectivity index (χ1v) is 5.22. The third-order valence-electron chi connectivity index (χ3n) is 1.94. The second kappa shape index (κ2) is 6.48. The highest BCUT2D eigenvalue weighted by Crippen LogP contribution is 1.99. The Bertz CT molecular complexity index is 289. The topological polar surface area (TPSA) is 37.0 Å². The van der Waals surface area contributed by atoms with Crippen LogP contribution in [0.25, 0.3) is 0 Å². The van der Waals surface area contributed by atoms with Crippen LogP contribution in [0.3, 0.4) is 0 Å². The summed E-state index contributed by atoms with van der Waals surface area (Å²) in [7, 11) is 0. The molecule has 84 valence electrons. The standard InChI is InChI=1S/C11H18FN3/c1-9(2)15-4-3-13-6-10-5-11(12)8-14-7-10/h5,7-9,13,15H,3-4,6H2,1-2H3. The number of nitrogens with one attached hydrogen (secondary N) is 2. The monoisotopic (exact) mass is 211 g/mol. The first-order chi connectivity index (χ1) is 7.18. The lowest BCUT2D eigenvalue weighted by Gasteiger charge is -2.08. The van der Waals surface area contributed by atoms with E-state index in [1.54, 1.807) is 6.20 Å². The Balaban J connectivity index is 2.15. The van der Waals surface area contributed by atoms with Gasteiger partial charge in [-0.2, -0.15) is 0 Å². The highest BCUT2D eigenvalue weighted by atomic mass is 19.1. The molecule has 0 bridgehead atoms. The fourth-order valence-corrected chi connectivity index (χ4v) is 1.23. The molecule has 0 amide bonds. The molecule has 2 N–H and O–H groups in total. The van der Waals surface area contributed by atoms with Crippen molar-refractivity contribution in [2.45, 2.75) is 26.4 Å². The van der Waals surface area contributed by atoms with Gasteiger partial charge in [0.15, 0.2) is 0 Å². The minimum absolute atomic E-state index is 0.283. The highest BCUT2D eigenvalue weighted by Gasteiger charge is 1.96. The Morgan fingerprint density at radius 2 is 2.13 bits per heavy atom. The zero-order valence-corrected chi connectivity index (χ0v) is 9.26. The lowest BCUT2D eigenvalue weighted by Crippen LogP contribution is -2.31. The lowest BCUT2D eigenvalue weighted by molar-refractivity contribution is 0.553. The van der Waals surface area contributed by atoms with Gasteiger partial charge in [0.05, 0.1) is 6.20 Å². The number of rotatable bonds is 6. The molecule has 0 aliphatic rings. The summed E-state index contributed by atoms with van der Waals surface area (Å²) in [5, 5.41) is 6.51. The SMILES string of the molecule is CC(C)NCCNCc1cncc(F)c1. The summed E-state index contributed by atoms with van der Waals surface area (Å²) >= 11 is 0. The summed E-state index contributed by atoms with van der Waals surface area (Å²) in [6.07, 6.45) is 2.88. The molecule has 1 aromatic rings. The number of halogens is 1. The predicted octanol–water partition coefficient (Wildman–Crippen LogP) is 1.31. The number of hydrogen-bond acceptors (Lipinski definition) is 3. The summed E-state index contributed by atoms with van der Waals surface area (Å²) in [4.78, 5) is 3.78. The van der Waals surface area contributed by atoms with E-state index in [9.17, 15) is 4.39 Å². The van der Waals surface area contributed by atoms with Gasteiger partial charge in [0.25, 0.3) is 0 Å². The van der Waals surface area contributed by atoms with Crippen LogP contribution in [-0.4, -0.2) is 24.1 Å². The number of pyridine rings is 1. The molecule has 0 spiro atoms. The summed E-state index contributed by atoms with van der Waals surface area (Å²) < 4.78 is 12.7. The second-order valence-corrected chi connectivity index (χ2v) is 3.80. The molecule has 0 aromatic carbocycles. The van der Waals surface area contributed by atoms with Crippen LogP contribution in [0.4, 0.5) is 4.39 Å². The van der Waals surface area contributed by atoms with Crippen LogP contribution in [-0.2, 0) is 6.54 Å². The van der Waals surface area contributed by atoms with Gasteiger partial charge in [0.1, 0.15) is 5.82 Å². The van der Waals surface area contributed by atoms with Crippen LogP contribution in [0.1, 0.15) is 19.4 Å². The van der Waals surface area contributed by atoms with Crippen molar-refractivity contribution in [3.8, 4) is 0 Å². The molecule has 0 radical (unpaired) electrons. The largest absolute Gasteiger partial charge is 0.313 e. The van der Waals surface area contributed by atoms with Crippen molar-refractivity contribution in [1.29, 1.82) is 0 Å². The van der Waals surface area contributed by atoms with Crippen molar-refractivity contribution in [1.82, 2.24) is 15.6 Å². The van der Waals surface area contributed by atoms with Crippen molar-refractivity contribution < 1.29 is 4.39 Å². The minimum Gasteiger partial charge on any atom is -0.313 e. The maximum atomic E-state index is 12.7. The maximum absolute atomic E-state index is 12.7. The van der Waals surface area contributed by atoms with Gasteiger partial charge in [0.2, 0.25) is 0 Å². The van der Waals surface area contributed by atoms with Gasteiger partial charge in [-0.05, 0) is 11.6 Å². The van der Waals surface area contributed by atoms with E-state index in [2.05, 4.69) is 29.5 Å². The molecule has 0 atom stereocenters.